The Kier molecular flexibility index (Phi) is 7.44. The molecule has 2 aliphatic heterocycles. The zero-order valence-electron chi connectivity index (χ0n) is 21.3. The summed E-state index contributed by atoms with van der Waals surface area (Å²) in [6, 6.07) is 3.40. The minimum absolute atomic E-state index is 0.142. The van der Waals surface area contributed by atoms with Crippen molar-refractivity contribution in [1.82, 2.24) is 14.8 Å². The van der Waals surface area contributed by atoms with Gasteiger partial charge in [-0.25, -0.2) is 4.39 Å². The number of hydrogen-bond acceptors (Lipinski definition) is 4. The van der Waals surface area contributed by atoms with Crippen molar-refractivity contribution in [3.63, 3.8) is 0 Å². The molecule has 1 N–H and O–H groups in total. The van der Waals surface area contributed by atoms with Crippen molar-refractivity contribution in [1.29, 1.82) is 0 Å². The third-order valence-corrected chi connectivity index (χ3v) is 7.86. The number of allylic oxidation sites excluding steroid dienone is 4. The smallest absolute Gasteiger partial charge is 0.295 e. The number of carbonyl (C=O) groups excluding carboxylic acids is 3. The molecule has 0 bridgehead atoms. The first-order valence-corrected chi connectivity index (χ1v) is 13.3. The number of fused-ring (bicyclic) bond motifs is 1. The first kappa shape index (κ1) is 25.2. The zero-order chi connectivity index (χ0) is 25.9. The second-order valence-electron chi connectivity index (χ2n) is 10.3. The van der Waals surface area contributed by atoms with Crippen LogP contribution in [0.25, 0.3) is 10.9 Å². The van der Waals surface area contributed by atoms with Crippen molar-refractivity contribution in [2.45, 2.75) is 51.1 Å². The van der Waals surface area contributed by atoms with Crippen LogP contribution in [0.4, 0.5) is 4.39 Å². The third kappa shape index (κ3) is 5.33. The zero-order valence-corrected chi connectivity index (χ0v) is 21.3. The number of ether oxygens (including phenoxy) is 1. The van der Waals surface area contributed by atoms with Gasteiger partial charge in [-0.05, 0) is 50.5 Å². The number of amides is 2. The van der Waals surface area contributed by atoms with Crippen molar-refractivity contribution < 1.29 is 23.5 Å². The number of hydrogen-bond donors (Lipinski definition) is 1. The number of likely N-dealkylation sites (tertiary alicyclic amines) is 2. The Hall–Kier alpha value is -3.42. The Morgan fingerprint density at radius 1 is 1.03 bits per heavy atom. The standard InChI is InChI=1S/C29H34FN3O4/c1-37-26-17-25-22(24(18-31-25)27(34)29(36)32-11-3-2-4-12-32)16-23(26)28(35)33-13-9-20(10-14-33)15-19-5-7-21(30)8-6-19/h5-7,16-18,20-21,31H,2-4,8-15H2,1H3. The van der Waals surface area contributed by atoms with E-state index < -0.39 is 17.9 Å². The van der Waals surface area contributed by atoms with Crippen LogP contribution < -0.4 is 4.74 Å². The number of piperidine rings is 2. The number of ketones is 1. The third-order valence-electron chi connectivity index (χ3n) is 7.86. The van der Waals surface area contributed by atoms with Crippen molar-refractivity contribution in [3.05, 3.63) is 53.3 Å². The van der Waals surface area contributed by atoms with Gasteiger partial charge in [0.15, 0.2) is 0 Å². The van der Waals surface area contributed by atoms with E-state index in [0.29, 0.717) is 60.7 Å². The van der Waals surface area contributed by atoms with Gasteiger partial charge in [-0.2, -0.15) is 0 Å². The minimum Gasteiger partial charge on any atom is -0.496 e. The van der Waals surface area contributed by atoms with E-state index in [1.54, 1.807) is 29.3 Å². The van der Waals surface area contributed by atoms with E-state index in [1.807, 2.05) is 17.1 Å². The summed E-state index contributed by atoms with van der Waals surface area (Å²) >= 11 is 0. The fourth-order valence-corrected chi connectivity index (χ4v) is 5.66. The first-order valence-electron chi connectivity index (χ1n) is 13.3. The van der Waals surface area contributed by atoms with Crippen LogP contribution in [-0.4, -0.2) is 71.8 Å². The molecule has 1 atom stereocenters. The summed E-state index contributed by atoms with van der Waals surface area (Å²) in [5, 5.41) is 0.552. The number of rotatable bonds is 6. The molecule has 8 heteroatoms. The second kappa shape index (κ2) is 10.9. The van der Waals surface area contributed by atoms with Crippen LogP contribution in [0.5, 0.6) is 5.75 Å². The summed E-state index contributed by atoms with van der Waals surface area (Å²) < 4.78 is 18.9. The van der Waals surface area contributed by atoms with Gasteiger partial charge in [0.05, 0.1) is 18.2 Å². The highest BCUT2D eigenvalue weighted by Gasteiger charge is 2.30. The summed E-state index contributed by atoms with van der Waals surface area (Å²) in [5.74, 6) is -0.300. The van der Waals surface area contributed by atoms with Gasteiger partial charge in [0.1, 0.15) is 11.9 Å². The molecule has 5 rings (SSSR count). The minimum atomic E-state index is -0.880. The quantitative estimate of drug-likeness (QED) is 0.448. The highest BCUT2D eigenvalue weighted by molar-refractivity contribution is 6.45. The number of carbonyl (C=O) groups is 3. The number of nitrogens with zero attached hydrogens (tertiary/aromatic N) is 2. The lowest BCUT2D eigenvalue weighted by Gasteiger charge is -2.33. The molecule has 0 spiro atoms. The number of Topliss-reactive ketones (excluding diaryl/α,β-unsaturated/α-hetero) is 1. The van der Waals surface area contributed by atoms with Crippen LogP contribution in [0.15, 0.2) is 42.1 Å². The topological polar surface area (TPSA) is 82.7 Å². The Morgan fingerprint density at radius 3 is 2.46 bits per heavy atom. The molecule has 196 valence electrons. The lowest BCUT2D eigenvalue weighted by molar-refractivity contribution is -0.127. The van der Waals surface area contributed by atoms with Crippen molar-refractivity contribution in [2.75, 3.05) is 33.3 Å². The van der Waals surface area contributed by atoms with E-state index in [2.05, 4.69) is 4.98 Å². The fourth-order valence-electron chi connectivity index (χ4n) is 5.66. The average Bonchev–Trinajstić information content (AvgIpc) is 3.36. The van der Waals surface area contributed by atoms with Crippen molar-refractivity contribution in [3.8, 4) is 5.75 Å². The van der Waals surface area contributed by atoms with Crippen LogP contribution in [-0.2, 0) is 4.79 Å². The van der Waals surface area contributed by atoms with Crippen LogP contribution >= 0.6 is 0 Å². The van der Waals surface area contributed by atoms with Gasteiger partial charge in [-0.1, -0.05) is 23.8 Å². The van der Waals surface area contributed by atoms with Crippen molar-refractivity contribution >= 4 is 28.5 Å². The molecule has 1 aromatic heterocycles. The van der Waals surface area contributed by atoms with Crippen LogP contribution in [0.2, 0.25) is 0 Å². The van der Waals surface area contributed by atoms with Gasteiger partial charge >= 0.3 is 0 Å². The molecule has 2 amide bonds. The lowest BCUT2D eigenvalue weighted by Crippen LogP contribution is -2.40. The van der Waals surface area contributed by atoms with E-state index in [9.17, 15) is 18.8 Å². The molecule has 1 aliphatic carbocycles. The summed E-state index contributed by atoms with van der Waals surface area (Å²) in [5.41, 5.74) is 2.49. The van der Waals surface area contributed by atoms with Gasteiger partial charge in [0.25, 0.3) is 17.6 Å². The normalized spacial score (nSPS) is 20.7. The van der Waals surface area contributed by atoms with E-state index in [4.69, 9.17) is 4.74 Å². The highest BCUT2D eigenvalue weighted by Crippen LogP contribution is 2.32. The van der Waals surface area contributed by atoms with Gasteiger partial charge in [-0.15, -0.1) is 0 Å². The van der Waals surface area contributed by atoms with E-state index in [1.165, 1.54) is 12.7 Å². The Labute approximate surface area is 216 Å². The number of aromatic amines is 1. The number of methoxy groups -OCH3 is 1. The summed E-state index contributed by atoms with van der Waals surface area (Å²) in [6.45, 7) is 2.45. The maximum absolute atomic E-state index is 13.6. The van der Waals surface area contributed by atoms with Crippen molar-refractivity contribution in [2.24, 2.45) is 5.92 Å². The number of aromatic nitrogens is 1. The van der Waals surface area contributed by atoms with Crippen LogP contribution in [0.1, 0.15) is 65.7 Å². The monoisotopic (exact) mass is 507 g/mol. The molecule has 2 saturated heterocycles. The second-order valence-corrected chi connectivity index (χ2v) is 10.3. The van der Waals surface area contributed by atoms with E-state index >= 15 is 0 Å². The first-order chi connectivity index (χ1) is 17.9. The van der Waals surface area contributed by atoms with E-state index in [0.717, 1.165) is 38.5 Å². The van der Waals surface area contributed by atoms with E-state index in [-0.39, 0.29) is 11.5 Å². The van der Waals surface area contributed by atoms with Gasteiger partial charge < -0.3 is 19.5 Å². The molecular weight excluding hydrogens is 473 g/mol. The Bertz CT molecular complexity index is 1250. The summed E-state index contributed by atoms with van der Waals surface area (Å²) in [4.78, 5) is 46.0. The Balaban J connectivity index is 1.31. The number of benzene rings is 1. The summed E-state index contributed by atoms with van der Waals surface area (Å²) in [7, 11) is 1.52. The molecule has 2 aromatic rings. The van der Waals surface area contributed by atoms with Gasteiger partial charge in [-0.3, -0.25) is 14.4 Å². The predicted octanol–water partition coefficient (Wildman–Crippen LogP) is 4.84. The van der Waals surface area contributed by atoms with Crippen LogP contribution in [0, 0.1) is 5.92 Å². The SMILES string of the molecule is COc1cc2[nH]cc(C(=O)C(=O)N3CCCCC3)c2cc1C(=O)N1CCC(CC2=CCC(F)C=C2)CC1. The lowest BCUT2D eigenvalue weighted by atomic mass is 9.88. The number of nitrogens with one attached hydrogen (secondary N) is 1. The maximum Gasteiger partial charge on any atom is 0.295 e. The fraction of sp³-hybridized carbons (Fsp3) is 0.483. The largest absolute Gasteiger partial charge is 0.496 e. The van der Waals surface area contributed by atoms with Crippen LogP contribution in [0.3, 0.4) is 0 Å². The molecule has 0 radical (unpaired) electrons. The molecule has 1 unspecified atom stereocenters. The molecule has 7 nitrogen and oxygen atoms in total. The number of halogens is 1. The molecule has 2 fully saturated rings. The van der Waals surface area contributed by atoms with Gasteiger partial charge in [0.2, 0.25) is 0 Å². The maximum atomic E-state index is 13.6. The molecule has 0 saturated carbocycles. The highest BCUT2D eigenvalue weighted by atomic mass is 19.1. The average molecular weight is 508 g/mol. The summed E-state index contributed by atoms with van der Waals surface area (Å²) in [6.07, 6.45) is 12.1. The molecule has 37 heavy (non-hydrogen) atoms. The number of H-pyrrole nitrogens is 1. The Morgan fingerprint density at radius 2 is 1.78 bits per heavy atom. The van der Waals surface area contributed by atoms with Gasteiger partial charge in [0, 0.05) is 55.8 Å². The molecule has 3 heterocycles. The molecule has 3 aliphatic rings. The molecular formula is C29H34FN3O4. The predicted molar refractivity (Wildman–Crippen MR) is 140 cm³/mol. The number of alkyl halides is 1. The molecule has 1 aromatic carbocycles.